The maximum absolute atomic E-state index is 12.3. The van der Waals surface area contributed by atoms with Crippen LogP contribution in [-0.2, 0) is 4.79 Å². The van der Waals surface area contributed by atoms with Gasteiger partial charge < -0.3 is 9.73 Å². The molecule has 0 aliphatic heterocycles. The third kappa shape index (κ3) is 3.29. The predicted octanol–water partition coefficient (Wildman–Crippen LogP) is 3.38. The Morgan fingerprint density at radius 3 is 2.79 bits per heavy atom. The summed E-state index contributed by atoms with van der Waals surface area (Å²) in [5.74, 6) is 0.728. The van der Waals surface area contributed by atoms with Gasteiger partial charge in [-0.25, -0.2) is 0 Å². The van der Waals surface area contributed by atoms with Crippen molar-refractivity contribution in [1.82, 2.24) is 10.2 Å². The quantitative estimate of drug-likeness (QED) is 0.915. The van der Waals surface area contributed by atoms with Crippen LogP contribution in [0.15, 0.2) is 34.7 Å². The van der Waals surface area contributed by atoms with Gasteiger partial charge in [0.15, 0.2) is 0 Å². The minimum Gasteiger partial charge on any atom is -0.459 e. The van der Waals surface area contributed by atoms with E-state index < -0.39 is 5.54 Å². The lowest BCUT2D eigenvalue weighted by Crippen LogP contribution is -2.48. The van der Waals surface area contributed by atoms with Crippen LogP contribution in [0.25, 0.3) is 11.0 Å². The summed E-state index contributed by atoms with van der Waals surface area (Å²) in [4.78, 5) is 14.3. The number of nitriles is 1. The molecule has 1 aliphatic carbocycles. The highest BCUT2D eigenvalue weighted by atomic mass is 16.3. The van der Waals surface area contributed by atoms with Crippen LogP contribution in [-0.4, -0.2) is 29.9 Å². The molecule has 1 aromatic carbocycles. The van der Waals surface area contributed by atoms with Gasteiger partial charge in [-0.1, -0.05) is 18.2 Å². The van der Waals surface area contributed by atoms with Crippen molar-refractivity contribution in [3.05, 3.63) is 36.1 Å². The first-order chi connectivity index (χ1) is 11.5. The monoisotopic (exact) mass is 325 g/mol. The highest BCUT2D eigenvalue weighted by Crippen LogP contribution is 2.29. The van der Waals surface area contributed by atoms with Gasteiger partial charge in [0.25, 0.3) is 0 Å². The van der Waals surface area contributed by atoms with Crippen molar-refractivity contribution in [2.24, 2.45) is 0 Å². The molecule has 3 rings (SSSR count). The zero-order chi connectivity index (χ0) is 17.2. The Bertz CT molecular complexity index is 735. The molecule has 1 heterocycles. The molecule has 5 heteroatoms. The van der Waals surface area contributed by atoms with Crippen molar-refractivity contribution < 1.29 is 9.21 Å². The van der Waals surface area contributed by atoms with E-state index in [9.17, 15) is 10.1 Å². The molecule has 1 fully saturated rings. The van der Waals surface area contributed by atoms with Gasteiger partial charge in [0, 0.05) is 5.39 Å². The van der Waals surface area contributed by atoms with E-state index in [0.29, 0.717) is 0 Å². The van der Waals surface area contributed by atoms with Crippen molar-refractivity contribution in [3.8, 4) is 6.07 Å². The van der Waals surface area contributed by atoms with Gasteiger partial charge in [0.1, 0.15) is 16.9 Å². The largest absolute Gasteiger partial charge is 0.459 e. The molecule has 1 saturated carbocycles. The van der Waals surface area contributed by atoms with E-state index in [1.807, 2.05) is 49.2 Å². The Balaban J connectivity index is 1.64. The molecule has 1 aromatic heterocycles. The number of hydrogen-bond donors (Lipinski definition) is 1. The zero-order valence-corrected chi connectivity index (χ0v) is 14.2. The number of nitrogens with one attached hydrogen (secondary N) is 1. The molecule has 1 aliphatic rings. The van der Waals surface area contributed by atoms with Gasteiger partial charge in [0.05, 0.1) is 18.7 Å². The number of rotatable bonds is 5. The van der Waals surface area contributed by atoms with Gasteiger partial charge in [0.2, 0.25) is 5.91 Å². The topological polar surface area (TPSA) is 69.3 Å². The maximum atomic E-state index is 12.3. The summed E-state index contributed by atoms with van der Waals surface area (Å²) in [7, 11) is 1.89. The van der Waals surface area contributed by atoms with E-state index in [0.717, 1.165) is 42.4 Å². The van der Waals surface area contributed by atoms with Crippen molar-refractivity contribution in [1.29, 1.82) is 5.26 Å². The fourth-order valence-electron chi connectivity index (χ4n) is 3.34. The summed E-state index contributed by atoms with van der Waals surface area (Å²) in [5.41, 5.74) is 0.187. The Morgan fingerprint density at radius 1 is 1.42 bits per heavy atom. The molecule has 1 amide bonds. The van der Waals surface area contributed by atoms with E-state index in [2.05, 4.69) is 11.4 Å². The Kier molecular flexibility index (Phi) is 4.59. The minimum atomic E-state index is -0.666. The van der Waals surface area contributed by atoms with Gasteiger partial charge in [-0.15, -0.1) is 0 Å². The fourth-order valence-corrected chi connectivity index (χ4v) is 3.34. The van der Waals surface area contributed by atoms with Crippen LogP contribution in [0.3, 0.4) is 0 Å². The summed E-state index contributed by atoms with van der Waals surface area (Å²) >= 11 is 0. The second-order valence-electron chi connectivity index (χ2n) is 6.73. The fraction of sp³-hybridized carbons (Fsp3) is 0.474. The van der Waals surface area contributed by atoms with E-state index in [-0.39, 0.29) is 18.5 Å². The molecular formula is C19H23N3O2. The number of carbonyl (C=O) groups excluding carboxylic acids is 1. The van der Waals surface area contributed by atoms with Crippen LogP contribution in [0, 0.1) is 11.3 Å². The second-order valence-corrected chi connectivity index (χ2v) is 6.73. The van der Waals surface area contributed by atoms with Crippen LogP contribution >= 0.6 is 0 Å². The number of amides is 1. The van der Waals surface area contributed by atoms with Crippen LogP contribution in [0.1, 0.15) is 44.4 Å². The third-order valence-electron chi connectivity index (χ3n) is 4.96. The number of fused-ring (bicyclic) bond motifs is 1. The molecule has 24 heavy (non-hydrogen) atoms. The lowest BCUT2D eigenvalue weighted by Gasteiger charge is -2.26. The third-order valence-corrected chi connectivity index (χ3v) is 4.96. The molecule has 1 N–H and O–H groups in total. The Hall–Kier alpha value is -2.32. The molecule has 0 radical (unpaired) electrons. The van der Waals surface area contributed by atoms with Crippen LogP contribution in [0.5, 0.6) is 0 Å². The predicted molar refractivity (Wildman–Crippen MR) is 92.2 cm³/mol. The summed E-state index contributed by atoms with van der Waals surface area (Å²) < 4.78 is 5.88. The van der Waals surface area contributed by atoms with Gasteiger partial charge in [-0.3, -0.25) is 9.69 Å². The number of para-hydroxylation sites is 1. The van der Waals surface area contributed by atoms with Crippen molar-refractivity contribution in [2.45, 2.75) is 44.2 Å². The minimum absolute atomic E-state index is 0.0234. The molecule has 0 saturated heterocycles. The van der Waals surface area contributed by atoms with E-state index in [4.69, 9.17) is 4.42 Å². The standard InChI is InChI=1S/C19H23N3O2/c1-14(17-11-15-7-3-4-8-16(15)24-17)22(2)12-18(23)21-19(13-20)9-5-6-10-19/h3-4,7-8,11,14H,5-6,9-10,12H2,1-2H3,(H,21,23). The zero-order valence-electron chi connectivity index (χ0n) is 14.2. The van der Waals surface area contributed by atoms with E-state index >= 15 is 0 Å². The normalized spacial score (nSPS) is 17.8. The van der Waals surface area contributed by atoms with Crippen molar-refractivity contribution in [3.63, 3.8) is 0 Å². The summed E-state index contributed by atoms with van der Waals surface area (Å²) in [6, 6.07) is 12.2. The highest BCUT2D eigenvalue weighted by molar-refractivity contribution is 5.80. The lowest BCUT2D eigenvalue weighted by atomic mass is 10.00. The summed E-state index contributed by atoms with van der Waals surface area (Å²) in [5, 5.41) is 13.4. The highest BCUT2D eigenvalue weighted by Gasteiger charge is 2.35. The average Bonchev–Trinajstić information content (AvgIpc) is 3.20. The second kappa shape index (κ2) is 6.66. The molecular weight excluding hydrogens is 302 g/mol. The summed E-state index contributed by atoms with van der Waals surface area (Å²) in [6.07, 6.45) is 3.49. The van der Waals surface area contributed by atoms with Crippen molar-refractivity contribution in [2.75, 3.05) is 13.6 Å². The first kappa shape index (κ1) is 16.5. The van der Waals surface area contributed by atoms with E-state index in [1.165, 1.54) is 0 Å². The number of hydrogen-bond acceptors (Lipinski definition) is 4. The Labute approximate surface area is 142 Å². The van der Waals surface area contributed by atoms with Gasteiger partial charge in [-0.2, -0.15) is 5.26 Å². The average molecular weight is 325 g/mol. The molecule has 0 bridgehead atoms. The van der Waals surface area contributed by atoms with Crippen LogP contribution in [0.2, 0.25) is 0 Å². The van der Waals surface area contributed by atoms with Crippen LogP contribution in [0.4, 0.5) is 0 Å². The first-order valence-electron chi connectivity index (χ1n) is 8.44. The van der Waals surface area contributed by atoms with Crippen LogP contribution < -0.4 is 5.32 Å². The number of furan rings is 1. The molecule has 126 valence electrons. The Morgan fingerprint density at radius 2 is 2.12 bits per heavy atom. The molecule has 1 atom stereocenters. The SMILES string of the molecule is CC(c1cc2ccccc2o1)N(C)CC(=O)NC1(C#N)CCCC1. The molecule has 0 spiro atoms. The summed E-state index contributed by atoms with van der Waals surface area (Å²) in [6.45, 7) is 2.25. The first-order valence-corrected chi connectivity index (χ1v) is 8.44. The smallest absolute Gasteiger partial charge is 0.235 e. The molecule has 2 aromatic rings. The number of carbonyl (C=O) groups is 1. The van der Waals surface area contributed by atoms with Crippen molar-refractivity contribution >= 4 is 16.9 Å². The van der Waals surface area contributed by atoms with Gasteiger partial charge >= 0.3 is 0 Å². The van der Waals surface area contributed by atoms with Gasteiger partial charge in [-0.05, 0) is 51.8 Å². The molecule has 1 unspecified atom stereocenters. The van der Waals surface area contributed by atoms with E-state index in [1.54, 1.807) is 0 Å². The lowest BCUT2D eigenvalue weighted by molar-refractivity contribution is -0.123. The number of likely N-dealkylation sites (N-methyl/N-ethyl adjacent to an activating group) is 1. The number of nitrogens with zero attached hydrogens (tertiary/aromatic N) is 2. The number of benzene rings is 1. The maximum Gasteiger partial charge on any atom is 0.235 e. The molecule has 5 nitrogen and oxygen atoms in total.